The van der Waals surface area contributed by atoms with Crippen molar-refractivity contribution in [3.05, 3.63) is 33.8 Å². The van der Waals surface area contributed by atoms with Crippen molar-refractivity contribution in [2.24, 2.45) is 0 Å². The minimum Gasteiger partial charge on any atom is -0.480 e. The molecule has 0 spiro atoms. The minimum absolute atomic E-state index is 0.173. The number of carbonyl (C=O) groups excluding carboxylic acids is 1. The van der Waals surface area contributed by atoms with Crippen LogP contribution in [-0.2, 0) is 4.79 Å². The summed E-state index contributed by atoms with van der Waals surface area (Å²) in [6, 6.07) is 3.54. The predicted molar refractivity (Wildman–Crippen MR) is 70.3 cm³/mol. The van der Waals surface area contributed by atoms with Gasteiger partial charge in [0.15, 0.2) is 0 Å². The second-order valence-corrected chi connectivity index (χ2v) is 4.62. The summed E-state index contributed by atoms with van der Waals surface area (Å²) in [6.45, 7) is 1.84. The van der Waals surface area contributed by atoms with Crippen molar-refractivity contribution in [3.63, 3.8) is 0 Å². The summed E-state index contributed by atoms with van der Waals surface area (Å²) in [5.74, 6) is -1.60. The van der Waals surface area contributed by atoms with E-state index in [1.54, 1.807) is 6.07 Å². The first kappa shape index (κ1) is 14.8. The topological polar surface area (TPSA) is 66.4 Å². The molecule has 0 saturated carbocycles. The number of carboxylic acids is 1. The van der Waals surface area contributed by atoms with Gasteiger partial charge in [-0.3, -0.25) is 4.79 Å². The molecular formula is C12H13Cl2NO3. The summed E-state index contributed by atoms with van der Waals surface area (Å²) in [6.07, 6.45) is 1.01. The Morgan fingerprint density at radius 1 is 1.39 bits per heavy atom. The molecule has 0 fully saturated rings. The van der Waals surface area contributed by atoms with Crippen molar-refractivity contribution in [1.82, 2.24) is 5.32 Å². The van der Waals surface area contributed by atoms with Crippen molar-refractivity contribution in [2.75, 3.05) is 0 Å². The summed E-state index contributed by atoms with van der Waals surface area (Å²) in [5, 5.41) is 12.0. The van der Waals surface area contributed by atoms with Crippen LogP contribution in [0.1, 0.15) is 30.1 Å². The Balaban J connectivity index is 2.86. The van der Waals surface area contributed by atoms with E-state index in [9.17, 15) is 9.59 Å². The maximum Gasteiger partial charge on any atom is 0.326 e. The fraction of sp³-hybridized carbons (Fsp3) is 0.333. The molecule has 1 aromatic rings. The maximum absolute atomic E-state index is 11.9. The Morgan fingerprint density at radius 2 is 2.06 bits per heavy atom. The third-order valence-electron chi connectivity index (χ3n) is 2.35. The molecule has 1 rings (SSSR count). The number of nitrogens with one attached hydrogen (secondary N) is 1. The molecule has 0 aliphatic carbocycles. The third-order valence-corrected chi connectivity index (χ3v) is 2.92. The Bertz CT molecular complexity index is 463. The van der Waals surface area contributed by atoms with E-state index in [1.165, 1.54) is 12.1 Å². The quantitative estimate of drug-likeness (QED) is 0.876. The number of aliphatic carboxylic acids is 1. The third kappa shape index (κ3) is 3.89. The van der Waals surface area contributed by atoms with Gasteiger partial charge in [-0.25, -0.2) is 4.79 Å². The maximum atomic E-state index is 11.9. The fourth-order valence-electron chi connectivity index (χ4n) is 1.45. The molecule has 0 aliphatic rings. The summed E-state index contributed by atoms with van der Waals surface area (Å²) in [5.41, 5.74) is 0.173. The van der Waals surface area contributed by atoms with Gasteiger partial charge in [-0.15, -0.1) is 0 Å². The molecule has 18 heavy (non-hydrogen) atoms. The number of hydrogen-bond donors (Lipinski definition) is 2. The molecule has 0 aliphatic heterocycles. The van der Waals surface area contributed by atoms with E-state index >= 15 is 0 Å². The molecule has 1 unspecified atom stereocenters. The highest BCUT2D eigenvalue weighted by molar-refractivity contribution is 6.35. The van der Waals surface area contributed by atoms with Crippen LogP contribution in [0.3, 0.4) is 0 Å². The summed E-state index contributed by atoms with van der Waals surface area (Å²) < 4.78 is 0. The molecule has 0 bridgehead atoms. The molecular weight excluding hydrogens is 277 g/mol. The minimum atomic E-state index is -1.07. The monoisotopic (exact) mass is 289 g/mol. The second kappa shape index (κ2) is 6.61. The van der Waals surface area contributed by atoms with Gasteiger partial charge in [0.1, 0.15) is 6.04 Å². The van der Waals surface area contributed by atoms with Gasteiger partial charge in [-0.2, -0.15) is 0 Å². The highest BCUT2D eigenvalue weighted by atomic mass is 35.5. The van der Waals surface area contributed by atoms with E-state index in [2.05, 4.69) is 5.32 Å². The average Bonchev–Trinajstić information content (AvgIpc) is 2.31. The van der Waals surface area contributed by atoms with Crippen molar-refractivity contribution in [1.29, 1.82) is 0 Å². The van der Waals surface area contributed by atoms with Crippen molar-refractivity contribution >= 4 is 35.1 Å². The van der Waals surface area contributed by atoms with Gasteiger partial charge < -0.3 is 10.4 Å². The van der Waals surface area contributed by atoms with Crippen molar-refractivity contribution in [3.8, 4) is 0 Å². The normalized spacial score (nSPS) is 11.9. The van der Waals surface area contributed by atoms with Crippen LogP contribution >= 0.6 is 23.2 Å². The van der Waals surface area contributed by atoms with Crippen LogP contribution in [0, 0.1) is 0 Å². The Kier molecular flexibility index (Phi) is 5.44. The first-order valence-corrected chi connectivity index (χ1v) is 6.20. The van der Waals surface area contributed by atoms with Crippen LogP contribution in [-0.4, -0.2) is 23.0 Å². The van der Waals surface area contributed by atoms with E-state index in [-0.39, 0.29) is 10.6 Å². The van der Waals surface area contributed by atoms with Crippen LogP contribution in [0.15, 0.2) is 18.2 Å². The Morgan fingerprint density at radius 3 is 2.61 bits per heavy atom. The van der Waals surface area contributed by atoms with Gasteiger partial charge in [0.25, 0.3) is 5.91 Å². The molecule has 1 amide bonds. The molecule has 0 aromatic heterocycles. The van der Waals surface area contributed by atoms with Crippen LogP contribution in [0.2, 0.25) is 10.0 Å². The first-order valence-electron chi connectivity index (χ1n) is 5.44. The predicted octanol–water partition coefficient (Wildman–Crippen LogP) is 2.98. The zero-order valence-corrected chi connectivity index (χ0v) is 11.3. The van der Waals surface area contributed by atoms with Crippen LogP contribution in [0.5, 0.6) is 0 Å². The molecule has 0 radical (unpaired) electrons. The number of rotatable bonds is 5. The number of hydrogen-bond acceptors (Lipinski definition) is 2. The standard InChI is InChI=1S/C12H13Cl2NO3/c1-2-3-10(12(17)18)15-11(16)8-6-7(13)4-5-9(8)14/h4-6,10H,2-3H2,1H3,(H,15,16)(H,17,18). The average molecular weight is 290 g/mol. The second-order valence-electron chi connectivity index (χ2n) is 3.78. The smallest absolute Gasteiger partial charge is 0.326 e. The zero-order valence-electron chi connectivity index (χ0n) is 9.74. The molecule has 0 saturated heterocycles. The molecule has 4 nitrogen and oxygen atoms in total. The lowest BCUT2D eigenvalue weighted by Crippen LogP contribution is -2.40. The summed E-state index contributed by atoms with van der Waals surface area (Å²) in [7, 11) is 0. The number of benzene rings is 1. The lowest BCUT2D eigenvalue weighted by atomic mass is 10.1. The van der Waals surface area contributed by atoms with Gasteiger partial charge in [-0.1, -0.05) is 36.5 Å². The number of halogens is 2. The largest absolute Gasteiger partial charge is 0.480 e. The molecule has 0 heterocycles. The van der Waals surface area contributed by atoms with Gasteiger partial charge in [0.2, 0.25) is 0 Å². The van der Waals surface area contributed by atoms with E-state index in [4.69, 9.17) is 28.3 Å². The summed E-state index contributed by atoms with van der Waals surface area (Å²) >= 11 is 11.6. The van der Waals surface area contributed by atoms with E-state index < -0.39 is 17.9 Å². The highest BCUT2D eigenvalue weighted by Crippen LogP contribution is 2.20. The highest BCUT2D eigenvalue weighted by Gasteiger charge is 2.20. The number of amides is 1. The first-order chi connectivity index (χ1) is 8.45. The van der Waals surface area contributed by atoms with Gasteiger partial charge >= 0.3 is 5.97 Å². The van der Waals surface area contributed by atoms with E-state index in [0.717, 1.165) is 0 Å². The number of carboxylic acid groups (broad SMARTS) is 1. The molecule has 2 N–H and O–H groups in total. The van der Waals surface area contributed by atoms with Gasteiger partial charge in [-0.05, 0) is 24.6 Å². The summed E-state index contributed by atoms with van der Waals surface area (Å²) in [4.78, 5) is 22.8. The molecule has 98 valence electrons. The number of carbonyl (C=O) groups is 2. The van der Waals surface area contributed by atoms with Crippen LogP contribution in [0.25, 0.3) is 0 Å². The van der Waals surface area contributed by atoms with E-state index in [0.29, 0.717) is 17.9 Å². The molecule has 6 heteroatoms. The zero-order chi connectivity index (χ0) is 13.7. The van der Waals surface area contributed by atoms with Crippen molar-refractivity contribution in [2.45, 2.75) is 25.8 Å². The van der Waals surface area contributed by atoms with Crippen LogP contribution in [0.4, 0.5) is 0 Å². The van der Waals surface area contributed by atoms with Crippen molar-refractivity contribution < 1.29 is 14.7 Å². The lowest BCUT2D eigenvalue weighted by molar-refractivity contribution is -0.139. The fourth-order valence-corrected chi connectivity index (χ4v) is 1.83. The Hall–Kier alpha value is -1.26. The Labute approximate surface area is 115 Å². The van der Waals surface area contributed by atoms with Gasteiger partial charge in [0, 0.05) is 5.02 Å². The molecule has 1 aromatic carbocycles. The SMILES string of the molecule is CCCC(NC(=O)c1cc(Cl)ccc1Cl)C(=O)O. The lowest BCUT2D eigenvalue weighted by Gasteiger charge is -2.14. The van der Waals surface area contributed by atoms with Gasteiger partial charge in [0.05, 0.1) is 10.6 Å². The molecule has 1 atom stereocenters. The van der Waals surface area contributed by atoms with E-state index in [1.807, 2.05) is 6.92 Å². The van der Waals surface area contributed by atoms with Crippen LogP contribution < -0.4 is 5.32 Å².